The molecule has 0 saturated heterocycles. The molecule has 19 heavy (non-hydrogen) atoms. The van der Waals surface area contributed by atoms with E-state index in [-0.39, 0.29) is 10.8 Å². The lowest BCUT2D eigenvalue weighted by Crippen LogP contribution is -2.44. The van der Waals surface area contributed by atoms with Crippen LogP contribution >= 0.6 is 23.2 Å². The zero-order valence-electron chi connectivity index (χ0n) is 11.4. The van der Waals surface area contributed by atoms with Crippen molar-refractivity contribution in [1.82, 2.24) is 0 Å². The fourth-order valence-corrected chi connectivity index (χ4v) is 3.58. The highest BCUT2D eigenvalue weighted by Gasteiger charge is 2.51. The molecular formula is C15H21Cl2NO. The fraction of sp³-hybridized carbons (Fsp3) is 0.600. The summed E-state index contributed by atoms with van der Waals surface area (Å²) in [6, 6.07) is 5.45. The molecule has 106 valence electrons. The maximum absolute atomic E-state index is 10.6. The van der Waals surface area contributed by atoms with Crippen LogP contribution in [-0.2, 0) is 6.42 Å². The minimum atomic E-state index is -0.417. The maximum atomic E-state index is 10.6. The van der Waals surface area contributed by atoms with Gasteiger partial charge in [0.05, 0.1) is 6.10 Å². The number of rotatable bonds is 3. The first kappa shape index (κ1) is 15.1. The quantitative estimate of drug-likeness (QED) is 0.895. The molecule has 0 amide bonds. The summed E-state index contributed by atoms with van der Waals surface area (Å²) in [6.45, 7) is 4.64. The van der Waals surface area contributed by atoms with Gasteiger partial charge in [0.15, 0.2) is 0 Å². The van der Waals surface area contributed by atoms with Crippen molar-refractivity contribution in [2.24, 2.45) is 16.6 Å². The third kappa shape index (κ3) is 2.78. The third-order valence-corrected chi connectivity index (χ3v) is 5.15. The summed E-state index contributed by atoms with van der Waals surface area (Å²) in [5, 5.41) is 12.0. The van der Waals surface area contributed by atoms with Gasteiger partial charge in [-0.1, -0.05) is 37.0 Å². The Kier molecular flexibility index (Phi) is 4.18. The van der Waals surface area contributed by atoms with Gasteiger partial charge in [-0.3, -0.25) is 0 Å². The van der Waals surface area contributed by atoms with Crippen molar-refractivity contribution in [2.45, 2.75) is 39.2 Å². The van der Waals surface area contributed by atoms with E-state index in [1.54, 1.807) is 12.1 Å². The molecule has 0 bridgehead atoms. The second kappa shape index (κ2) is 5.25. The van der Waals surface area contributed by atoms with Crippen molar-refractivity contribution < 1.29 is 5.11 Å². The van der Waals surface area contributed by atoms with Crippen LogP contribution in [0.5, 0.6) is 0 Å². The molecule has 2 unspecified atom stereocenters. The second-order valence-electron chi connectivity index (χ2n) is 6.37. The lowest BCUT2D eigenvalue weighted by Gasteiger charge is -2.36. The lowest BCUT2D eigenvalue weighted by atomic mass is 9.74. The van der Waals surface area contributed by atoms with E-state index in [1.165, 1.54) is 0 Å². The first-order valence-electron chi connectivity index (χ1n) is 6.63. The van der Waals surface area contributed by atoms with Crippen LogP contribution < -0.4 is 5.73 Å². The number of hydrogen-bond donors (Lipinski definition) is 2. The predicted molar refractivity (Wildman–Crippen MR) is 80.7 cm³/mol. The van der Waals surface area contributed by atoms with Crippen molar-refractivity contribution in [1.29, 1.82) is 0 Å². The number of nitrogens with two attached hydrogens (primary N) is 1. The number of aliphatic hydroxyl groups excluding tert-OH is 1. The molecule has 0 radical (unpaired) electrons. The molecule has 1 fully saturated rings. The molecule has 2 rings (SSSR count). The molecule has 1 aromatic carbocycles. The number of aliphatic hydroxyl groups is 1. The van der Waals surface area contributed by atoms with Crippen molar-refractivity contribution in [3.05, 3.63) is 33.8 Å². The maximum Gasteiger partial charge on any atom is 0.0662 e. The highest BCUT2D eigenvalue weighted by molar-refractivity contribution is 6.33. The van der Waals surface area contributed by atoms with E-state index in [2.05, 4.69) is 13.8 Å². The first-order chi connectivity index (χ1) is 8.81. The molecule has 2 nitrogen and oxygen atoms in total. The molecule has 2 atom stereocenters. The Morgan fingerprint density at radius 3 is 2.53 bits per heavy atom. The smallest absolute Gasteiger partial charge is 0.0662 e. The van der Waals surface area contributed by atoms with Crippen LogP contribution in [0.4, 0.5) is 0 Å². The van der Waals surface area contributed by atoms with Gasteiger partial charge in [-0.25, -0.2) is 0 Å². The van der Waals surface area contributed by atoms with E-state index in [9.17, 15) is 5.11 Å². The van der Waals surface area contributed by atoms with Crippen LogP contribution in [0.15, 0.2) is 18.2 Å². The minimum absolute atomic E-state index is 0.0928. The van der Waals surface area contributed by atoms with Gasteiger partial charge in [0.25, 0.3) is 0 Å². The molecule has 0 heterocycles. The standard InChI is InChI=1S/C15H21Cl2NO/c1-14(2)5-6-15(9-18,13(14)19)8-10-7-11(16)3-4-12(10)17/h3-4,7,13,19H,5-6,8-9,18H2,1-2H3. The molecule has 0 aromatic heterocycles. The molecule has 3 N–H and O–H groups in total. The molecule has 0 spiro atoms. The van der Waals surface area contributed by atoms with E-state index in [4.69, 9.17) is 28.9 Å². The van der Waals surface area contributed by atoms with E-state index in [0.717, 1.165) is 18.4 Å². The second-order valence-corrected chi connectivity index (χ2v) is 7.21. The van der Waals surface area contributed by atoms with Gasteiger partial charge < -0.3 is 10.8 Å². The molecular weight excluding hydrogens is 281 g/mol. The Balaban J connectivity index is 2.32. The van der Waals surface area contributed by atoms with Crippen LogP contribution in [0.3, 0.4) is 0 Å². The van der Waals surface area contributed by atoms with Crippen LogP contribution in [0, 0.1) is 10.8 Å². The largest absolute Gasteiger partial charge is 0.392 e. The fourth-order valence-electron chi connectivity index (χ4n) is 3.20. The summed E-state index contributed by atoms with van der Waals surface area (Å²) in [5.41, 5.74) is 6.56. The van der Waals surface area contributed by atoms with Gasteiger partial charge in [0.2, 0.25) is 0 Å². The summed E-state index contributed by atoms with van der Waals surface area (Å²) < 4.78 is 0. The normalized spacial score (nSPS) is 29.7. The molecule has 1 saturated carbocycles. The van der Waals surface area contributed by atoms with Gasteiger partial charge >= 0.3 is 0 Å². The zero-order chi connectivity index (χ0) is 14.3. The average molecular weight is 302 g/mol. The molecule has 4 heteroatoms. The van der Waals surface area contributed by atoms with E-state index < -0.39 is 6.10 Å². The average Bonchev–Trinajstić information content (AvgIpc) is 2.59. The summed E-state index contributed by atoms with van der Waals surface area (Å²) in [7, 11) is 0. The third-order valence-electron chi connectivity index (χ3n) is 4.54. The van der Waals surface area contributed by atoms with Gasteiger partial charge in [-0.05, 0) is 48.4 Å². The molecule has 1 aliphatic carbocycles. The van der Waals surface area contributed by atoms with E-state index in [0.29, 0.717) is 23.0 Å². The van der Waals surface area contributed by atoms with Crippen molar-refractivity contribution in [2.75, 3.05) is 6.54 Å². The Labute approximate surface area is 124 Å². The summed E-state index contributed by atoms with van der Waals surface area (Å²) in [5.74, 6) is 0. The van der Waals surface area contributed by atoms with Gasteiger partial charge in [0, 0.05) is 22.0 Å². The number of benzene rings is 1. The van der Waals surface area contributed by atoms with E-state index >= 15 is 0 Å². The monoisotopic (exact) mass is 301 g/mol. The minimum Gasteiger partial charge on any atom is -0.392 e. The van der Waals surface area contributed by atoms with Gasteiger partial charge in [0.1, 0.15) is 0 Å². The Hall–Kier alpha value is -0.280. The van der Waals surface area contributed by atoms with Gasteiger partial charge in [-0.2, -0.15) is 0 Å². The van der Waals surface area contributed by atoms with Crippen LogP contribution in [-0.4, -0.2) is 17.8 Å². The number of halogens is 2. The van der Waals surface area contributed by atoms with Crippen molar-refractivity contribution in [3.8, 4) is 0 Å². The Bertz CT molecular complexity index is 475. The topological polar surface area (TPSA) is 46.2 Å². The molecule has 1 aliphatic rings. The van der Waals surface area contributed by atoms with Crippen LogP contribution in [0.2, 0.25) is 10.0 Å². The van der Waals surface area contributed by atoms with Crippen LogP contribution in [0.25, 0.3) is 0 Å². The highest BCUT2D eigenvalue weighted by Crippen LogP contribution is 2.50. The Morgan fingerprint density at radius 1 is 1.32 bits per heavy atom. The SMILES string of the molecule is CC1(C)CCC(CN)(Cc2cc(Cl)ccc2Cl)C1O. The summed E-state index contributed by atoms with van der Waals surface area (Å²) in [6.07, 6.45) is 2.15. The van der Waals surface area contributed by atoms with Crippen molar-refractivity contribution >= 4 is 23.2 Å². The molecule has 1 aromatic rings. The summed E-state index contributed by atoms with van der Waals surface area (Å²) in [4.78, 5) is 0. The molecule has 0 aliphatic heterocycles. The Morgan fingerprint density at radius 2 is 2.00 bits per heavy atom. The van der Waals surface area contributed by atoms with Crippen LogP contribution in [0.1, 0.15) is 32.3 Å². The highest BCUT2D eigenvalue weighted by atomic mass is 35.5. The zero-order valence-corrected chi connectivity index (χ0v) is 12.9. The predicted octanol–water partition coefficient (Wildman–Crippen LogP) is 3.66. The lowest BCUT2D eigenvalue weighted by molar-refractivity contribution is -0.00462. The van der Waals surface area contributed by atoms with Gasteiger partial charge in [-0.15, -0.1) is 0 Å². The summed E-state index contributed by atoms with van der Waals surface area (Å²) >= 11 is 12.3. The van der Waals surface area contributed by atoms with E-state index in [1.807, 2.05) is 6.07 Å². The number of hydrogen-bond acceptors (Lipinski definition) is 2. The van der Waals surface area contributed by atoms with Crippen molar-refractivity contribution in [3.63, 3.8) is 0 Å². The first-order valence-corrected chi connectivity index (χ1v) is 7.38.